The molecule has 2 aromatic rings. The quantitative estimate of drug-likeness (QED) is 0.873. The van der Waals surface area contributed by atoms with E-state index in [-0.39, 0.29) is 17.8 Å². The molecule has 0 spiro atoms. The predicted molar refractivity (Wildman–Crippen MR) is 94.5 cm³/mol. The fourth-order valence-electron chi connectivity index (χ4n) is 2.98. The van der Waals surface area contributed by atoms with Crippen LogP contribution in [-0.2, 0) is 11.3 Å². The minimum Gasteiger partial charge on any atom is -0.350 e. The number of benzene rings is 1. The zero-order valence-electron chi connectivity index (χ0n) is 13.7. The van der Waals surface area contributed by atoms with E-state index in [4.69, 9.17) is 0 Å². The van der Waals surface area contributed by atoms with Gasteiger partial charge in [0.05, 0.1) is 13.1 Å². The minimum atomic E-state index is -0.240. The zero-order chi connectivity index (χ0) is 16.9. The van der Waals surface area contributed by atoms with Gasteiger partial charge >= 0.3 is 0 Å². The lowest BCUT2D eigenvalue weighted by Gasteiger charge is -2.36. The van der Waals surface area contributed by atoms with E-state index in [1.807, 2.05) is 18.4 Å². The number of halogens is 1. The standard InChI is InChI=1S/C18H22FN3OS/c1-13-5-8-24-17(13)11-21-18(23)12-22-7-6-20-10-16(22)14-3-2-4-15(19)9-14/h2-5,8-9,16,20H,6-7,10-12H2,1H3,(H,21,23). The van der Waals surface area contributed by atoms with Crippen molar-refractivity contribution in [1.29, 1.82) is 0 Å². The van der Waals surface area contributed by atoms with Crippen LogP contribution in [0.15, 0.2) is 35.7 Å². The highest BCUT2D eigenvalue weighted by atomic mass is 32.1. The number of nitrogens with zero attached hydrogens (tertiary/aromatic N) is 1. The first kappa shape index (κ1) is 17.1. The fourth-order valence-corrected chi connectivity index (χ4v) is 3.83. The number of nitrogens with one attached hydrogen (secondary N) is 2. The SMILES string of the molecule is Cc1ccsc1CNC(=O)CN1CCNCC1c1cccc(F)c1. The molecule has 1 aromatic carbocycles. The molecule has 4 nitrogen and oxygen atoms in total. The Morgan fingerprint density at radius 2 is 2.33 bits per heavy atom. The van der Waals surface area contributed by atoms with Crippen LogP contribution in [0.25, 0.3) is 0 Å². The van der Waals surface area contributed by atoms with Gasteiger partial charge in [0.15, 0.2) is 0 Å². The van der Waals surface area contributed by atoms with Gasteiger partial charge in [-0.2, -0.15) is 0 Å². The van der Waals surface area contributed by atoms with E-state index in [1.54, 1.807) is 23.5 Å². The topological polar surface area (TPSA) is 44.4 Å². The highest BCUT2D eigenvalue weighted by Crippen LogP contribution is 2.22. The van der Waals surface area contributed by atoms with E-state index >= 15 is 0 Å². The van der Waals surface area contributed by atoms with E-state index in [2.05, 4.69) is 21.6 Å². The molecule has 0 saturated carbocycles. The van der Waals surface area contributed by atoms with Crippen LogP contribution in [0.1, 0.15) is 22.0 Å². The highest BCUT2D eigenvalue weighted by Gasteiger charge is 2.25. The van der Waals surface area contributed by atoms with Gasteiger partial charge in [-0.05, 0) is 41.6 Å². The molecule has 2 N–H and O–H groups in total. The maximum Gasteiger partial charge on any atom is 0.234 e. The van der Waals surface area contributed by atoms with Crippen molar-refractivity contribution in [3.05, 3.63) is 57.5 Å². The van der Waals surface area contributed by atoms with Crippen molar-refractivity contribution >= 4 is 17.2 Å². The summed E-state index contributed by atoms with van der Waals surface area (Å²) in [5, 5.41) is 8.35. The van der Waals surface area contributed by atoms with Gasteiger partial charge in [0.1, 0.15) is 5.82 Å². The molecule has 6 heteroatoms. The molecule has 1 aliphatic heterocycles. The first-order valence-corrected chi connectivity index (χ1v) is 9.01. The number of carbonyl (C=O) groups excluding carboxylic acids is 1. The first-order valence-electron chi connectivity index (χ1n) is 8.13. The molecule has 0 radical (unpaired) electrons. The molecule has 3 rings (SSSR count). The van der Waals surface area contributed by atoms with Crippen molar-refractivity contribution < 1.29 is 9.18 Å². The van der Waals surface area contributed by atoms with Gasteiger partial charge in [-0.3, -0.25) is 9.69 Å². The number of hydrogen-bond acceptors (Lipinski definition) is 4. The Morgan fingerprint density at radius 3 is 3.08 bits per heavy atom. The summed E-state index contributed by atoms with van der Waals surface area (Å²) in [5.74, 6) is -0.234. The molecular formula is C18H22FN3OS. The molecule has 1 unspecified atom stereocenters. The number of rotatable bonds is 5. The summed E-state index contributed by atoms with van der Waals surface area (Å²) < 4.78 is 13.5. The third kappa shape index (κ3) is 4.20. The van der Waals surface area contributed by atoms with E-state index in [0.717, 1.165) is 25.2 Å². The molecule has 128 valence electrons. The Labute approximate surface area is 145 Å². The van der Waals surface area contributed by atoms with Gasteiger partial charge in [0.25, 0.3) is 0 Å². The van der Waals surface area contributed by atoms with Gasteiger partial charge in [0, 0.05) is 30.6 Å². The molecule has 1 fully saturated rings. The summed E-state index contributed by atoms with van der Waals surface area (Å²) in [6.07, 6.45) is 0. The normalized spacial score (nSPS) is 18.5. The average molecular weight is 347 g/mol. The number of piperazine rings is 1. The fraction of sp³-hybridized carbons (Fsp3) is 0.389. The van der Waals surface area contributed by atoms with Gasteiger partial charge < -0.3 is 10.6 Å². The molecular weight excluding hydrogens is 325 g/mol. The van der Waals surface area contributed by atoms with E-state index in [9.17, 15) is 9.18 Å². The van der Waals surface area contributed by atoms with Crippen molar-refractivity contribution in [3.63, 3.8) is 0 Å². The average Bonchev–Trinajstić information content (AvgIpc) is 2.98. The lowest BCUT2D eigenvalue weighted by molar-refractivity contribution is -0.123. The monoisotopic (exact) mass is 347 g/mol. The Hall–Kier alpha value is -1.76. The molecule has 1 atom stereocenters. The number of thiophene rings is 1. The Kier molecular flexibility index (Phi) is 5.60. The molecule has 1 aliphatic rings. The Bertz CT molecular complexity index is 703. The van der Waals surface area contributed by atoms with Crippen molar-refractivity contribution in [3.8, 4) is 0 Å². The van der Waals surface area contributed by atoms with Gasteiger partial charge in [-0.25, -0.2) is 4.39 Å². The second-order valence-electron chi connectivity index (χ2n) is 6.05. The molecule has 1 aromatic heterocycles. The van der Waals surface area contributed by atoms with Crippen molar-refractivity contribution in [1.82, 2.24) is 15.5 Å². The van der Waals surface area contributed by atoms with E-state index < -0.39 is 0 Å². The van der Waals surface area contributed by atoms with Gasteiger partial charge in [-0.15, -0.1) is 11.3 Å². The number of aryl methyl sites for hydroxylation is 1. The molecule has 1 saturated heterocycles. The summed E-state index contributed by atoms with van der Waals surface area (Å²) in [6.45, 7) is 5.27. The third-order valence-electron chi connectivity index (χ3n) is 4.35. The number of carbonyl (C=O) groups is 1. The predicted octanol–water partition coefficient (Wildman–Crippen LogP) is 2.46. The van der Waals surface area contributed by atoms with Crippen LogP contribution in [0.2, 0.25) is 0 Å². The first-order chi connectivity index (χ1) is 11.6. The van der Waals surface area contributed by atoms with E-state index in [1.165, 1.54) is 16.5 Å². The van der Waals surface area contributed by atoms with Crippen LogP contribution in [-0.4, -0.2) is 37.0 Å². The third-order valence-corrected chi connectivity index (χ3v) is 5.37. The second-order valence-corrected chi connectivity index (χ2v) is 7.05. The van der Waals surface area contributed by atoms with Gasteiger partial charge in [0.2, 0.25) is 5.91 Å². The van der Waals surface area contributed by atoms with Crippen LogP contribution >= 0.6 is 11.3 Å². The minimum absolute atomic E-state index is 0.00565. The lowest BCUT2D eigenvalue weighted by atomic mass is 10.0. The van der Waals surface area contributed by atoms with Gasteiger partial charge in [-0.1, -0.05) is 12.1 Å². The Balaban J connectivity index is 1.61. The molecule has 0 aliphatic carbocycles. The summed E-state index contributed by atoms with van der Waals surface area (Å²) in [7, 11) is 0. The maximum atomic E-state index is 13.5. The summed E-state index contributed by atoms with van der Waals surface area (Å²) >= 11 is 1.66. The molecule has 24 heavy (non-hydrogen) atoms. The van der Waals surface area contributed by atoms with Crippen LogP contribution in [0.3, 0.4) is 0 Å². The number of hydrogen-bond donors (Lipinski definition) is 2. The van der Waals surface area contributed by atoms with Crippen LogP contribution < -0.4 is 10.6 Å². The summed E-state index contributed by atoms with van der Waals surface area (Å²) in [5.41, 5.74) is 2.12. The molecule has 2 heterocycles. The largest absolute Gasteiger partial charge is 0.350 e. The second kappa shape index (κ2) is 7.88. The Morgan fingerprint density at radius 1 is 1.46 bits per heavy atom. The highest BCUT2D eigenvalue weighted by molar-refractivity contribution is 7.10. The van der Waals surface area contributed by atoms with Crippen molar-refractivity contribution in [2.24, 2.45) is 0 Å². The van der Waals surface area contributed by atoms with E-state index in [0.29, 0.717) is 13.1 Å². The molecule has 0 bridgehead atoms. The maximum absolute atomic E-state index is 13.5. The van der Waals surface area contributed by atoms with Crippen LogP contribution in [0.4, 0.5) is 4.39 Å². The van der Waals surface area contributed by atoms with Crippen LogP contribution in [0, 0.1) is 12.7 Å². The smallest absolute Gasteiger partial charge is 0.234 e. The summed E-state index contributed by atoms with van der Waals surface area (Å²) in [4.78, 5) is 15.6. The van der Waals surface area contributed by atoms with Crippen LogP contribution in [0.5, 0.6) is 0 Å². The lowest BCUT2D eigenvalue weighted by Crippen LogP contribution is -2.49. The van der Waals surface area contributed by atoms with Crippen molar-refractivity contribution in [2.45, 2.75) is 19.5 Å². The zero-order valence-corrected chi connectivity index (χ0v) is 14.5. The molecule has 1 amide bonds. The van der Waals surface area contributed by atoms with Crippen molar-refractivity contribution in [2.75, 3.05) is 26.2 Å². The summed E-state index contributed by atoms with van der Waals surface area (Å²) in [6, 6.07) is 8.71. The number of amides is 1.